The number of halogens is 1. The van der Waals surface area contributed by atoms with E-state index in [1.165, 1.54) is 0 Å². The van der Waals surface area contributed by atoms with Gasteiger partial charge in [-0.1, -0.05) is 15.9 Å². The van der Waals surface area contributed by atoms with Crippen molar-refractivity contribution in [2.45, 2.75) is 18.9 Å². The van der Waals surface area contributed by atoms with Gasteiger partial charge in [0.15, 0.2) is 0 Å². The molecule has 0 radical (unpaired) electrons. The third-order valence-electron chi connectivity index (χ3n) is 3.41. The van der Waals surface area contributed by atoms with Gasteiger partial charge in [-0.25, -0.2) is 0 Å². The number of carbonyl (C=O) groups is 1. The Balaban J connectivity index is 2.20. The minimum atomic E-state index is -0.816. The lowest BCUT2D eigenvalue weighted by Crippen LogP contribution is -2.37. The molecule has 1 aliphatic rings. The number of rotatable bonds is 5. The number of nitrogens with zero attached hydrogens (tertiary/aromatic N) is 1. The van der Waals surface area contributed by atoms with Crippen LogP contribution in [0.3, 0.4) is 0 Å². The first kappa shape index (κ1) is 15.3. The highest BCUT2D eigenvalue weighted by Crippen LogP contribution is 2.31. The summed E-state index contributed by atoms with van der Waals surface area (Å²) in [5.41, 5.74) is 8.24. The van der Waals surface area contributed by atoms with Gasteiger partial charge in [-0.2, -0.15) is 0 Å². The van der Waals surface area contributed by atoms with Gasteiger partial charge in [0.25, 0.3) is 0 Å². The van der Waals surface area contributed by atoms with Crippen molar-refractivity contribution in [1.82, 2.24) is 0 Å². The molecule has 1 aliphatic heterocycles. The first-order valence-corrected chi connectivity index (χ1v) is 7.46. The fourth-order valence-corrected chi connectivity index (χ4v) is 2.73. The molecule has 1 aromatic rings. The molecule has 2 rings (SSSR count). The van der Waals surface area contributed by atoms with Crippen molar-refractivity contribution in [2.24, 2.45) is 5.73 Å². The quantitative estimate of drug-likeness (QED) is 0.857. The van der Waals surface area contributed by atoms with Gasteiger partial charge in [0.2, 0.25) is 0 Å². The molecular formula is C14H19BrN2O3. The Labute approximate surface area is 126 Å². The Morgan fingerprint density at radius 2 is 2.15 bits per heavy atom. The van der Waals surface area contributed by atoms with E-state index >= 15 is 0 Å². The van der Waals surface area contributed by atoms with E-state index in [2.05, 4.69) is 20.8 Å². The molecule has 0 bridgehead atoms. The number of aliphatic carboxylic acids is 1. The molecule has 5 nitrogen and oxygen atoms in total. The van der Waals surface area contributed by atoms with Gasteiger partial charge in [0.05, 0.1) is 13.2 Å². The van der Waals surface area contributed by atoms with Crippen molar-refractivity contribution in [1.29, 1.82) is 0 Å². The molecule has 0 spiro atoms. The Hall–Kier alpha value is -1.11. The molecule has 1 unspecified atom stereocenters. The van der Waals surface area contributed by atoms with Gasteiger partial charge in [0, 0.05) is 35.7 Å². The second-order valence-corrected chi connectivity index (χ2v) is 5.76. The second kappa shape index (κ2) is 7.06. The first-order valence-electron chi connectivity index (χ1n) is 6.67. The van der Waals surface area contributed by atoms with Crippen LogP contribution in [0.2, 0.25) is 0 Å². The van der Waals surface area contributed by atoms with Crippen molar-refractivity contribution in [3.63, 3.8) is 0 Å². The Kier molecular flexibility index (Phi) is 5.39. The monoisotopic (exact) mass is 342 g/mol. The fraction of sp³-hybridized carbons (Fsp3) is 0.500. The van der Waals surface area contributed by atoms with Crippen LogP contribution in [0.25, 0.3) is 0 Å². The number of anilines is 1. The zero-order valence-corrected chi connectivity index (χ0v) is 12.8. The summed E-state index contributed by atoms with van der Waals surface area (Å²) in [4.78, 5) is 12.9. The van der Waals surface area contributed by atoms with Crippen LogP contribution < -0.4 is 10.6 Å². The number of carboxylic acids is 1. The van der Waals surface area contributed by atoms with E-state index in [-0.39, 0.29) is 12.5 Å². The maximum Gasteiger partial charge on any atom is 0.303 e. The molecule has 3 N–H and O–H groups in total. The predicted octanol–water partition coefficient (Wildman–Crippen LogP) is 2.15. The van der Waals surface area contributed by atoms with Crippen LogP contribution in [0.1, 0.15) is 24.4 Å². The lowest BCUT2D eigenvalue weighted by molar-refractivity contribution is -0.137. The maximum atomic E-state index is 10.7. The SMILES string of the molecule is NC(CCC(=O)O)c1cc(Br)ccc1N1CCOCC1. The summed E-state index contributed by atoms with van der Waals surface area (Å²) in [5.74, 6) is -0.816. The predicted molar refractivity (Wildman–Crippen MR) is 81.0 cm³/mol. The van der Waals surface area contributed by atoms with Crippen LogP contribution in [-0.4, -0.2) is 37.4 Å². The van der Waals surface area contributed by atoms with Crippen molar-refractivity contribution in [3.05, 3.63) is 28.2 Å². The van der Waals surface area contributed by atoms with Crippen LogP contribution >= 0.6 is 15.9 Å². The van der Waals surface area contributed by atoms with E-state index < -0.39 is 5.97 Å². The zero-order chi connectivity index (χ0) is 14.5. The second-order valence-electron chi connectivity index (χ2n) is 4.84. The van der Waals surface area contributed by atoms with E-state index in [0.29, 0.717) is 19.6 Å². The molecule has 1 heterocycles. The molecule has 1 aromatic carbocycles. The van der Waals surface area contributed by atoms with Crippen molar-refractivity contribution >= 4 is 27.6 Å². The molecule has 1 atom stereocenters. The third kappa shape index (κ3) is 3.94. The van der Waals surface area contributed by atoms with E-state index in [4.69, 9.17) is 15.6 Å². The molecular weight excluding hydrogens is 324 g/mol. The summed E-state index contributed by atoms with van der Waals surface area (Å²) < 4.78 is 6.32. The van der Waals surface area contributed by atoms with Crippen LogP contribution in [0.5, 0.6) is 0 Å². The van der Waals surface area contributed by atoms with E-state index in [1.807, 2.05) is 18.2 Å². The van der Waals surface area contributed by atoms with E-state index in [0.717, 1.165) is 28.8 Å². The van der Waals surface area contributed by atoms with Gasteiger partial charge in [-0.15, -0.1) is 0 Å². The molecule has 1 fully saturated rings. The van der Waals surface area contributed by atoms with Crippen molar-refractivity contribution in [3.8, 4) is 0 Å². The number of nitrogens with two attached hydrogens (primary N) is 1. The summed E-state index contributed by atoms with van der Waals surface area (Å²) in [5, 5.41) is 8.79. The smallest absolute Gasteiger partial charge is 0.303 e. The Morgan fingerprint density at radius 1 is 1.45 bits per heavy atom. The zero-order valence-electron chi connectivity index (χ0n) is 11.2. The summed E-state index contributed by atoms with van der Waals surface area (Å²) in [7, 11) is 0. The van der Waals surface area contributed by atoms with Gasteiger partial charge >= 0.3 is 5.97 Å². The molecule has 20 heavy (non-hydrogen) atoms. The standard InChI is InChI=1S/C14H19BrN2O3/c15-10-1-3-13(17-5-7-20-8-6-17)11(9-10)12(16)2-4-14(18)19/h1,3,9,12H,2,4-8,16H2,(H,18,19). The average molecular weight is 343 g/mol. The summed E-state index contributed by atoms with van der Waals surface area (Å²) in [6.45, 7) is 3.08. The third-order valence-corrected chi connectivity index (χ3v) is 3.90. The van der Waals surface area contributed by atoms with Crippen LogP contribution in [0.15, 0.2) is 22.7 Å². The summed E-state index contributed by atoms with van der Waals surface area (Å²) in [6.07, 6.45) is 0.513. The normalized spacial score (nSPS) is 17.0. The minimum Gasteiger partial charge on any atom is -0.481 e. The van der Waals surface area contributed by atoms with Crippen LogP contribution in [-0.2, 0) is 9.53 Å². The fourth-order valence-electron chi connectivity index (χ4n) is 2.35. The van der Waals surface area contributed by atoms with Crippen molar-refractivity contribution in [2.75, 3.05) is 31.2 Å². The molecule has 0 aromatic heterocycles. The van der Waals surface area contributed by atoms with Crippen LogP contribution in [0.4, 0.5) is 5.69 Å². The van der Waals surface area contributed by atoms with Gasteiger partial charge < -0.3 is 20.5 Å². The number of hydrogen-bond donors (Lipinski definition) is 2. The van der Waals surface area contributed by atoms with Gasteiger partial charge in [0.1, 0.15) is 0 Å². The first-order chi connectivity index (χ1) is 9.58. The lowest BCUT2D eigenvalue weighted by Gasteiger charge is -2.32. The number of carboxylic acid groups (broad SMARTS) is 1. The minimum absolute atomic E-state index is 0.0796. The van der Waals surface area contributed by atoms with Gasteiger partial charge in [-0.05, 0) is 30.2 Å². The largest absolute Gasteiger partial charge is 0.481 e. The number of hydrogen-bond acceptors (Lipinski definition) is 4. The highest BCUT2D eigenvalue weighted by molar-refractivity contribution is 9.10. The van der Waals surface area contributed by atoms with Crippen LogP contribution in [0, 0.1) is 0 Å². The molecule has 0 amide bonds. The maximum absolute atomic E-state index is 10.7. The number of ether oxygens (including phenoxy) is 1. The molecule has 0 saturated carbocycles. The van der Waals surface area contributed by atoms with Crippen molar-refractivity contribution < 1.29 is 14.6 Å². The average Bonchev–Trinajstić information content (AvgIpc) is 2.45. The van der Waals surface area contributed by atoms with E-state index in [1.54, 1.807) is 0 Å². The summed E-state index contributed by atoms with van der Waals surface area (Å²) >= 11 is 3.45. The highest BCUT2D eigenvalue weighted by atomic mass is 79.9. The topological polar surface area (TPSA) is 75.8 Å². The number of morpholine rings is 1. The Bertz CT molecular complexity index is 475. The molecule has 6 heteroatoms. The highest BCUT2D eigenvalue weighted by Gasteiger charge is 2.19. The lowest BCUT2D eigenvalue weighted by atomic mass is 10.00. The van der Waals surface area contributed by atoms with E-state index in [9.17, 15) is 4.79 Å². The molecule has 0 aliphatic carbocycles. The van der Waals surface area contributed by atoms with Gasteiger partial charge in [-0.3, -0.25) is 4.79 Å². The molecule has 110 valence electrons. The number of benzene rings is 1. The summed E-state index contributed by atoms with van der Waals surface area (Å²) in [6, 6.07) is 5.72. The molecule has 1 saturated heterocycles. The Morgan fingerprint density at radius 3 is 2.80 bits per heavy atom.